The topological polar surface area (TPSA) is 60.5 Å². The number of halogens is 1. The third-order valence-electron chi connectivity index (χ3n) is 2.66. The van der Waals surface area contributed by atoms with Crippen molar-refractivity contribution in [2.24, 2.45) is 0 Å². The standard InChI is InChI=1S/C15H15BrN2O3/c1-20-13-3-2-4-14(8-13)21-6-5-18-15(19)11-7-12(16)10-17-9-11/h2-4,7-10H,5-6H2,1H3,(H,18,19). The molecule has 1 aromatic heterocycles. The number of carbonyl (C=O) groups excluding carboxylic acids is 1. The van der Waals surface area contributed by atoms with E-state index in [9.17, 15) is 4.79 Å². The minimum atomic E-state index is -0.182. The smallest absolute Gasteiger partial charge is 0.253 e. The summed E-state index contributed by atoms with van der Waals surface area (Å²) in [4.78, 5) is 15.8. The maximum absolute atomic E-state index is 11.9. The summed E-state index contributed by atoms with van der Waals surface area (Å²) in [6.45, 7) is 0.781. The second-order valence-corrected chi connectivity index (χ2v) is 5.09. The largest absolute Gasteiger partial charge is 0.497 e. The first-order valence-electron chi connectivity index (χ1n) is 6.34. The van der Waals surface area contributed by atoms with E-state index in [1.807, 2.05) is 18.2 Å². The van der Waals surface area contributed by atoms with E-state index in [0.717, 1.165) is 10.2 Å². The molecule has 0 aliphatic carbocycles. The van der Waals surface area contributed by atoms with E-state index in [-0.39, 0.29) is 5.91 Å². The third kappa shape index (κ3) is 4.75. The first-order chi connectivity index (χ1) is 10.2. The summed E-state index contributed by atoms with van der Waals surface area (Å²) in [5.74, 6) is 1.25. The predicted octanol–water partition coefficient (Wildman–Crippen LogP) is 2.66. The number of benzene rings is 1. The van der Waals surface area contributed by atoms with Crippen LogP contribution < -0.4 is 14.8 Å². The van der Waals surface area contributed by atoms with Crippen molar-refractivity contribution in [3.63, 3.8) is 0 Å². The number of carbonyl (C=O) groups is 1. The molecule has 0 radical (unpaired) electrons. The molecule has 21 heavy (non-hydrogen) atoms. The number of pyridine rings is 1. The fourth-order valence-electron chi connectivity index (χ4n) is 1.66. The van der Waals surface area contributed by atoms with Gasteiger partial charge < -0.3 is 14.8 Å². The van der Waals surface area contributed by atoms with Crippen molar-refractivity contribution in [3.05, 3.63) is 52.8 Å². The van der Waals surface area contributed by atoms with E-state index in [1.165, 1.54) is 6.20 Å². The van der Waals surface area contributed by atoms with Gasteiger partial charge in [0, 0.05) is 22.9 Å². The fourth-order valence-corrected chi connectivity index (χ4v) is 2.03. The molecule has 0 unspecified atom stereocenters. The Morgan fingerprint density at radius 1 is 1.29 bits per heavy atom. The van der Waals surface area contributed by atoms with Crippen LogP contribution in [0.1, 0.15) is 10.4 Å². The number of rotatable bonds is 6. The van der Waals surface area contributed by atoms with Gasteiger partial charge in [0.1, 0.15) is 18.1 Å². The van der Waals surface area contributed by atoms with E-state index >= 15 is 0 Å². The van der Waals surface area contributed by atoms with Gasteiger partial charge in [-0.25, -0.2) is 0 Å². The van der Waals surface area contributed by atoms with Crippen LogP contribution in [0.15, 0.2) is 47.2 Å². The van der Waals surface area contributed by atoms with Gasteiger partial charge in [0.05, 0.1) is 19.2 Å². The summed E-state index contributed by atoms with van der Waals surface area (Å²) in [5.41, 5.74) is 0.505. The summed E-state index contributed by atoms with van der Waals surface area (Å²) in [6.07, 6.45) is 3.14. The number of hydrogen-bond acceptors (Lipinski definition) is 4. The van der Waals surface area contributed by atoms with Gasteiger partial charge in [0.2, 0.25) is 0 Å². The second kappa shape index (κ2) is 7.64. The van der Waals surface area contributed by atoms with E-state index in [1.54, 1.807) is 25.4 Å². The number of amides is 1. The minimum Gasteiger partial charge on any atom is -0.497 e. The van der Waals surface area contributed by atoms with Crippen LogP contribution in [0.4, 0.5) is 0 Å². The van der Waals surface area contributed by atoms with Crippen LogP contribution in [0.2, 0.25) is 0 Å². The lowest BCUT2D eigenvalue weighted by molar-refractivity contribution is 0.0946. The van der Waals surface area contributed by atoms with Gasteiger partial charge in [0.15, 0.2) is 0 Å². The van der Waals surface area contributed by atoms with Crippen molar-refractivity contribution >= 4 is 21.8 Å². The van der Waals surface area contributed by atoms with Gasteiger partial charge in [-0.3, -0.25) is 9.78 Å². The molecule has 0 aliphatic heterocycles. The van der Waals surface area contributed by atoms with Crippen LogP contribution in [-0.2, 0) is 0 Å². The number of methoxy groups -OCH3 is 1. The molecule has 0 fully saturated rings. The van der Waals surface area contributed by atoms with E-state index in [2.05, 4.69) is 26.2 Å². The molecule has 1 aromatic carbocycles. The van der Waals surface area contributed by atoms with Crippen LogP contribution in [0.3, 0.4) is 0 Å². The first-order valence-corrected chi connectivity index (χ1v) is 7.14. The maximum atomic E-state index is 11.9. The van der Waals surface area contributed by atoms with E-state index < -0.39 is 0 Å². The lowest BCUT2D eigenvalue weighted by Crippen LogP contribution is -2.28. The lowest BCUT2D eigenvalue weighted by Gasteiger charge is -2.09. The normalized spacial score (nSPS) is 10.0. The Morgan fingerprint density at radius 2 is 2.10 bits per heavy atom. The Balaban J connectivity index is 1.78. The molecule has 2 aromatic rings. The molecular weight excluding hydrogens is 336 g/mol. The van der Waals surface area contributed by atoms with Gasteiger partial charge in [-0.05, 0) is 34.1 Å². The van der Waals surface area contributed by atoms with Gasteiger partial charge in [-0.1, -0.05) is 6.07 Å². The highest BCUT2D eigenvalue weighted by Crippen LogP contribution is 2.18. The molecule has 1 heterocycles. The molecule has 110 valence electrons. The predicted molar refractivity (Wildman–Crippen MR) is 82.8 cm³/mol. The summed E-state index contributed by atoms with van der Waals surface area (Å²) in [6, 6.07) is 9.03. The molecule has 2 rings (SSSR count). The van der Waals surface area contributed by atoms with Gasteiger partial charge in [0.25, 0.3) is 5.91 Å². The summed E-state index contributed by atoms with van der Waals surface area (Å²) >= 11 is 3.28. The highest BCUT2D eigenvalue weighted by Gasteiger charge is 2.05. The third-order valence-corrected chi connectivity index (χ3v) is 3.10. The monoisotopic (exact) mass is 350 g/mol. The van der Waals surface area contributed by atoms with Crippen LogP contribution in [-0.4, -0.2) is 31.2 Å². The summed E-state index contributed by atoms with van der Waals surface area (Å²) < 4.78 is 11.4. The molecule has 0 saturated carbocycles. The highest BCUT2D eigenvalue weighted by molar-refractivity contribution is 9.10. The van der Waals surface area contributed by atoms with Crippen molar-refractivity contribution in [3.8, 4) is 11.5 Å². The molecule has 0 atom stereocenters. The molecule has 0 spiro atoms. The first kappa shape index (κ1) is 15.3. The average molecular weight is 351 g/mol. The Kier molecular flexibility index (Phi) is 5.57. The summed E-state index contributed by atoms with van der Waals surface area (Å²) in [5, 5.41) is 2.77. The average Bonchev–Trinajstić information content (AvgIpc) is 2.51. The van der Waals surface area contributed by atoms with Crippen LogP contribution in [0, 0.1) is 0 Å². The van der Waals surface area contributed by atoms with Crippen molar-refractivity contribution in [2.75, 3.05) is 20.3 Å². The quantitative estimate of drug-likeness (QED) is 0.813. The van der Waals surface area contributed by atoms with Crippen LogP contribution in [0.25, 0.3) is 0 Å². The second-order valence-electron chi connectivity index (χ2n) is 4.18. The zero-order valence-corrected chi connectivity index (χ0v) is 13.1. The fraction of sp³-hybridized carbons (Fsp3) is 0.200. The van der Waals surface area contributed by atoms with Crippen molar-refractivity contribution < 1.29 is 14.3 Å². The van der Waals surface area contributed by atoms with Gasteiger partial charge >= 0.3 is 0 Å². The lowest BCUT2D eigenvalue weighted by atomic mass is 10.3. The SMILES string of the molecule is COc1cccc(OCCNC(=O)c2cncc(Br)c2)c1. The molecular formula is C15H15BrN2O3. The van der Waals surface area contributed by atoms with Crippen molar-refractivity contribution in [1.82, 2.24) is 10.3 Å². The zero-order valence-electron chi connectivity index (χ0n) is 11.5. The van der Waals surface area contributed by atoms with E-state index in [4.69, 9.17) is 9.47 Å². The van der Waals surface area contributed by atoms with Gasteiger partial charge in [-0.15, -0.1) is 0 Å². The number of ether oxygens (including phenoxy) is 2. The number of nitrogens with one attached hydrogen (secondary N) is 1. The Hall–Kier alpha value is -2.08. The summed E-state index contributed by atoms with van der Waals surface area (Å²) in [7, 11) is 1.60. The Labute approximate surface area is 131 Å². The van der Waals surface area contributed by atoms with Crippen LogP contribution in [0.5, 0.6) is 11.5 Å². The molecule has 0 aliphatic rings. The molecule has 0 bridgehead atoms. The van der Waals surface area contributed by atoms with Gasteiger partial charge in [-0.2, -0.15) is 0 Å². The molecule has 0 saturated heterocycles. The van der Waals surface area contributed by atoms with Crippen molar-refractivity contribution in [1.29, 1.82) is 0 Å². The molecule has 5 nitrogen and oxygen atoms in total. The molecule has 1 amide bonds. The Bertz CT molecular complexity index is 619. The number of nitrogens with zero attached hydrogens (tertiary/aromatic N) is 1. The molecule has 1 N–H and O–H groups in total. The number of aromatic nitrogens is 1. The minimum absolute atomic E-state index is 0.182. The maximum Gasteiger partial charge on any atom is 0.253 e. The van der Waals surface area contributed by atoms with Crippen LogP contribution >= 0.6 is 15.9 Å². The Morgan fingerprint density at radius 3 is 2.86 bits per heavy atom. The van der Waals surface area contributed by atoms with E-state index in [0.29, 0.717) is 24.5 Å². The highest BCUT2D eigenvalue weighted by atomic mass is 79.9. The van der Waals surface area contributed by atoms with Crippen molar-refractivity contribution in [2.45, 2.75) is 0 Å². The molecule has 6 heteroatoms. The zero-order chi connectivity index (χ0) is 15.1. The number of hydrogen-bond donors (Lipinski definition) is 1.